The van der Waals surface area contributed by atoms with Crippen molar-refractivity contribution >= 4 is 40.9 Å². The van der Waals surface area contributed by atoms with Crippen LogP contribution < -0.4 is 10.2 Å². The minimum Gasteiger partial charge on any atom is -0.455 e. The van der Waals surface area contributed by atoms with Crippen molar-refractivity contribution in [3.05, 3.63) is 59.7 Å². The van der Waals surface area contributed by atoms with Crippen molar-refractivity contribution in [3.8, 4) is 0 Å². The Bertz CT molecular complexity index is 925. The van der Waals surface area contributed by atoms with Crippen molar-refractivity contribution in [1.82, 2.24) is 0 Å². The van der Waals surface area contributed by atoms with Crippen LogP contribution in [0.5, 0.6) is 0 Å². The number of hydrogen-bond donors (Lipinski definition) is 1. The summed E-state index contributed by atoms with van der Waals surface area (Å²) in [6.45, 7) is 4.94. The molecule has 152 valence electrons. The Labute approximate surface area is 174 Å². The fourth-order valence-corrected chi connectivity index (χ4v) is 3.86. The van der Waals surface area contributed by atoms with E-state index in [0.29, 0.717) is 17.1 Å². The Morgan fingerprint density at radius 3 is 2.52 bits per heavy atom. The zero-order chi connectivity index (χ0) is 21.0. The molecule has 0 bridgehead atoms. The van der Waals surface area contributed by atoms with Crippen molar-refractivity contribution in [2.75, 3.05) is 22.6 Å². The second kappa shape index (κ2) is 8.69. The number of carbonyl (C=O) groups excluding carboxylic acids is 3. The van der Waals surface area contributed by atoms with Gasteiger partial charge in [-0.05, 0) is 38.5 Å². The maximum absolute atomic E-state index is 12.8. The van der Waals surface area contributed by atoms with Gasteiger partial charge in [0.2, 0.25) is 5.91 Å². The number of nitrogens with one attached hydrogen (secondary N) is 1. The van der Waals surface area contributed by atoms with Gasteiger partial charge in [0.05, 0.1) is 17.1 Å². The molecule has 0 radical (unpaired) electrons. The number of fused-ring (bicyclic) bond motifs is 1. The van der Waals surface area contributed by atoms with E-state index in [1.165, 1.54) is 22.2 Å². The number of esters is 1. The molecule has 0 aromatic heterocycles. The number of thioether (sulfide) groups is 1. The van der Waals surface area contributed by atoms with Gasteiger partial charge in [0.25, 0.3) is 5.91 Å². The van der Waals surface area contributed by atoms with Crippen molar-refractivity contribution in [2.24, 2.45) is 0 Å². The molecule has 6 nitrogen and oxygen atoms in total. The van der Waals surface area contributed by atoms with Gasteiger partial charge in [-0.1, -0.05) is 42.0 Å². The zero-order valence-corrected chi connectivity index (χ0v) is 17.5. The van der Waals surface area contributed by atoms with Crippen LogP contribution in [0.2, 0.25) is 0 Å². The summed E-state index contributed by atoms with van der Waals surface area (Å²) in [5, 5.41) is 2.80. The van der Waals surface area contributed by atoms with Crippen LogP contribution in [0, 0.1) is 6.92 Å². The summed E-state index contributed by atoms with van der Waals surface area (Å²) in [5.74, 6) is -0.334. The fourth-order valence-electron chi connectivity index (χ4n) is 3.08. The maximum atomic E-state index is 12.8. The van der Waals surface area contributed by atoms with E-state index in [1.807, 2.05) is 31.2 Å². The Morgan fingerprint density at radius 2 is 1.79 bits per heavy atom. The molecular weight excluding hydrogens is 388 g/mol. The molecule has 0 fully saturated rings. The molecule has 29 heavy (non-hydrogen) atoms. The number of amides is 2. The largest absolute Gasteiger partial charge is 0.455 e. The van der Waals surface area contributed by atoms with E-state index in [0.717, 1.165) is 5.56 Å². The highest BCUT2D eigenvalue weighted by molar-refractivity contribution is 7.99. The lowest BCUT2D eigenvalue weighted by Crippen LogP contribution is -2.59. The van der Waals surface area contributed by atoms with E-state index >= 15 is 0 Å². The normalized spacial score (nSPS) is 14.7. The van der Waals surface area contributed by atoms with Crippen LogP contribution in [0.1, 0.15) is 25.0 Å². The second-order valence-electron chi connectivity index (χ2n) is 7.40. The highest BCUT2D eigenvalue weighted by Crippen LogP contribution is 2.36. The Hall–Kier alpha value is -2.80. The zero-order valence-electron chi connectivity index (χ0n) is 16.7. The summed E-state index contributed by atoms with van der Waals surface area (Å²) >= 11 is 1.43. The number of carbonyl (C=O) groups is 3. The minimum absolute atomic E-state index is 0.154. The van der Waals surface area contributed by atoms with Gasteiger partial charge in [0.15, 0.2) is 6.61 Å². The van der Waals surface area contributed by atoms with Gasteiger partial charge in [0, 0.05) is 5.75 Å². The molecular formula is C22H24N2O4S. The third kappa shape index (κ3) is 4.79. The Kier molecular flexibility index (Phi) is 6.27. The molecule has 2 amide bonds. The Morgan fingerprint density at radius 1 is 1.10 bits per heavy atom. The number of hydrogen-bond acceptors (Lipinski definition) is 5. The van der Waals surface area contributed by atoms with Gasteiger partial charge < -0.3 is 10.1 Å². The molecule has 1 aliphatic heterocycles. The summed E-state index contributed by atoms with van der Waals surface area (Å²) in [5.41, 5.74) is 2.38. The van der Waals surface area contributed by atoms with Gasteiger partial charge in [-0.2, -0.15) is 0 Å². The highest BCUT2D eigenvalue weighted by atomic mass is 32.2. The summed E-state index contributed by atoms with van der Waals surface area (Å²) < 4.78 is 5.18. The molecule has 1 heterocycles. The number of anilines is 2. The quantitative estimate of drug-likeness (QED) is 0.735. The first-order chi connectivity index (χ1) is 13.8. The van der Waals surface area contributed by atoms with E-state index in [9.17, 15) is 14.4 Å². The molecule has 0 unspecified atom stereocenters. The summed E-state index contributed by atoms with van der Waals surface area (Å²) in [6, 6.07) is 15.2. The molecule has 2 aromatic rings. The number of benzene rings is 2. The lowest BCUT2D eigenvalue weighted by atomic mass is 9.96. The highest BCUT2D eigenvalue weighted by Gasteiger charge is 2.43. The molecule has 0 saturated heterocycles. The average Bonchev–Trinajstić information content (AvgIpc) is 2.68. The van der Waals surface area contributed by atoms with Crippen molar-refractivity contribution in [3.63, 3.8) is 0 Å². The SMILES string of the molecule is Cc1ccc(CSCC(=O)OCC(=O)N2c3ccccc3NC(=O)C2(C)C)cc1. The molecule has 0 saturated carbocycles. The lowest BCUT2D eigenvalue weighted by molar-refractivity contribution is -0.145. The van der Waals surface area contributed by atoms with Gasteiger partial charge in [-0.25, -0.2) is 0 Å². The first kappa shape index (κ1) is 20.9. The standard InChI is InChI=1S/C22H24N2O4S/c1-15-8-10-16(11-9-15)13-29-14-20(26)28-12-19(25)24-18-7-5-4-6-17(18)23-21(27)22(24,2)3/h4-11H,12-14H2,1-3H3,(H,23,27). The van der Waals surface area contributed by atoms with E-state index in [2.05, 4.69) is 5.32 Å². The van der Waals surface area contributed by atoms with Gasteiger partial charge in [0.1, 0.15) is 5.54 Å². The van der Waals surface area contributed by atoms with E-state index in [1.54, 1.807) is 38.1 Å². The average molecular weight is 413 g/mol. The summed E-state index contributed by atoms with van der Waals surface area (Å²) in [7, 11) is 0. The van der Waals surface area contributed by atoms with Crippen molar-refractivity contribution in [1.29, 1.82) is 0 Å². The molecule has 0 atom stereocenters. The van der Waals surface area contributed by atoms with Crippen LogP contribution in [0.4, 0.5) is 11.4 Å². The third-order valence-electron chi connectivity index (χ3n) is 4.72. The molecule has 1 aliphatic rings. The lowest BCUT2D eigenvalue weighted by Gasteiger charge is -2.41. The molecule has 3 rings (SSSR count). The fraction of sp³-hybridized carbons (Fsp3) is 0.318. The Balaban J connectivity index is 1.56. The molecule has 1 N–H and O–H groups in total. The van der Waals surface area contributed by atoms with Crippen LogP contribution in [-0.2, 0) is 24.9 Å². The topological polar surface area (TPSA) is 75.7 Å². The van der Waals surface area contributed by atoms with Crippen LogP contribution >= 0.6 is 11.8 Å². The summed E-state index contributed by atoms with van der Waals surface area (Å²) in [6.07, 6.45) is 0. The predicted octanol–water partition coefficient (Wildman–Crippen LogP) is 3.54. The molecule has 0 spiro atoms. The van der Waals surface area contributed by atoms with Gasteiger partial charge in [-0.15, -0.1) is 11.8 Å². The number of ether oxygens (including phenoxy) is 1. The minimum atomic E-state index is -1.09. The predicted molar refractivity (Wildman–Crippen MR) is 115 cm³/mol. The molecule has 0 aliphatic carbocycles. The summed E-state index contributed by atoms with van der Waals surface area (Å²) in [4.78, 5) is 38.7. The van der Waals surface area contributed by atoms with Crippen molar-refractivity contribution < 1.29 is 19.1 Å². The van der Waals surface area contributed by atoms with Crippen LogP contribution in [0.25, 0.3) is 0 Å². The van der Waals surface area contributed by atoms with Gasteiger partial charge >= 0.3 is 5.97 Å². The monoisotopic (exact) mass is 412 g/mol. The first-order valence-electron chi connectivity index (χ1n) is 9.31. The number of rotatable bonds is 6. The smallest absolute Gasteiger partial charge is 0.316 e. The number of aryl methyl sites for hydroxylation is 1. The molecule has 2 aromatic carbocycles. The number of para-hydroxylation sites is 2. The van der Waals surface area contributed by atoms with Crippen LogP contribution in [-0.4, -0.2) is 35.7 Å². The van der Waals surface area contributed by atoms with Gasteiger partial charge in [-0.3, -0.25) is 19.3 Å². The van der Waals surface area contributed by atoms with E-state index < -0.39 is 24.0 Å². The second-order valence-corrected chi connectivity index (χ2v) is 8.38. The molecule has 7 heteroatoms. The van der Waals surface area contributed by atoms with Crippen molar-refractivity contribution in [2.45, 2.75) is 32.1 Å². The first-order valence-corrected chi connectivity index (χ1v) is 10.5. The van der Waals surface area contributed by atoms with Crippen LogP contribution in [0.3, 0.4) is 0 Å². The van der Waals surface area contributed by atoms with E-state index in [4.69, 9.17) is 4.74 Å². The maximum Gasteiger partial charge on any atom is 0.316 e. The third-order valence-corrected chi connectivity index (χ3v) is 5.70. The van der Waals surface area contributed by atoms with Crippen LogP contribution in [0.15, 0.2) is 48.5 Å². The number of nitrogens with zero attached hydrogens (tertiary/aromatic N) is 1. The van der Waals surface area contributed by atoms with E-state index in [-0.39, 0.29) is 11.7 Å².